The Kier molecular flexibility index (Phi) is 12.0. The molecular formula is C18H37IN4O2. The highest BCUT2D eigenvalue weighted by molar-refractivity contribution is 14.0. The average molecular weight is 468 g/mol. The predicted molar refractivity (Wildman–Crippen MR) is 114 cm³/mol. The minimum Gasteiger partial charge on any atom is -0.396 e. The molecule has 0 aromatic rings. The molecule has 0 amide bonds. The van der Waals surface area contributed by atoms with Gasteiger partial charge in [-0.15, -0.1) is 24.0 Å². The monoisotopic (exact) mass is 468 g/mol. The number of aliphatic imine (C=N–C) groups is 1. The summed E-state index contributed by atoms with van der Waals surface area (Å²) >= 11 is 0. The number of rotatable bonds is 9. The number of hydrogen-bond acceptors (Lipinski definition) is 4. The zero-order valence-corrected chi connectivity index (χ0v) is 18.2. The van der Waals surface area contributed by atoms with Crippen LogP contribution in [0.15, 0.2) is 4.99 Å². The van der Waals surface area contributed by atoms with Crippen LogP contribution in [0.2, 0.25) is 0 Å². The van der Waals surface area contributed by atoms with Gasteiger partial charge in [-0.25, -0.2) is 0 Å². The van der Waals surface area contributed by atoms with Crippen LogP contribution in [0.4, 0.5) is 0 Å². The molecule has 6 nitrogen and oxygen atoms in total. The summed E-state index contributed by atoms with van der Waals surface area (Å²) in [6.45, 7) is 10.1. The first-order valence-corrected chi connectivity index (χ1v) is 9.75. The van der Waals surface area contributed by atoms with Gasteiger partial charge in [0.05, 0.1) is 12.7 Å². The lowest BCUT2D eigenvalue weighted by molar-refractivity contribution is -0.0453. The zero-order chi connectivity index (χ0) is 17.2. The van der Waals surface area contributed by atoms with Crippen molar-refractivity contribution in [1.29, 1.82) is 0 Å². The van der Waals surface area contributed by atoms with Gasteiger partial charge in [0.15, 0.2) is 5.96 Å². The van der Waals surface area contributed by atoms with Gasteiger partial charge in [-0.2, -0.15) is 0 Å². The molecule has 3 atom stereocenters. The van der Waals surface area contributed by atoms with Gasteiger partial charge < -0.3 is 20.5 Å². The first kappa shape index (κ1) is 22.9. The van der Waals surface area contributed by atoms with E-state index in [9.17, 15) is 5.11 Å². The molecule has 0 aliphatic carbocycles. The van der Waals surface area contributed by atoms with E-state index in [-0.39, 0.29) is 36.7 Å². The van der Waals surface area contributed by atoms with E-state index in [1.807, 2.05) is 0 Å². The van der Waals surface area contributed by atoms with Crippen molar-refractivity contribution in [3.8, 4) is 0 Å². The van der Waals surface area contributed by atoms with Crippen molar-refractivity contribution in [2.75, 3.05) is 45.9 Å². The Morgan fingerprint density at radius 2 is 2.16 bits per heavy atom. The molecular weight excluding hydrogens is 431 g/mol. The molecule has 0 aromatic carbocycles. The third kappa shape index (κ3) is 7.97. The second-order valence-electron chi connectivity index (χ2n) is 7.01. The van der Waals surface area contributed by atoms with Gasteiger partial charge in [-0.05, 0) is 45.1 Å². The van der Waals surface area contributed by atoms with Gasteiger partial charge in [-0.1, -0.05) is 13.3 Å². The number of nitrogens with zero attached hydrogens (tertiary/aromatic N) is 2. The lowest BCUT2D eigenvalue weighted by atomic mass is 10.0. The van der Waals surface area contributed by atoms with Crippen molar-refractivity contribution >= 4 is 29.9 Å². The van der Waals surface area contributed by atoms with Crippen LogP contribution >= 0.6 is 24.0 Å². The third-order valence-corrected chi connectivity index (χ3v) is 5.04. The molecule has 3 N–H and O–H groups in total. The van der Waals surface area contributed by atoms with Crippen LogP contribution in [0.5, 0.6) is 0 Å². The molecule has 0 bridgehead atoms. The molecule has 2 saturated heterocycles. The highest BCUT2D eigenvalue weighted by Crippen LogP contribution is 2.22. The van der Waals surface area contributed by atoms with Gasteiger partial charge in [0, 0.05) is 38.8 Å². The number of nitrogens with one attached hydrogen (secondary N) is 2. The van der Waals surface area contributed by atoms with Crippen LogP contribution in [0.3, 0.4) is 0 Å². The average Bonchev–Trinajstić information content (AvgIpc) is 3.05. The van der Waals surface area contributed by atoms with Crippen LogP contribution in [0.1, 0.15) is 46.0 Å². The van der Waals surface area contributed by atoms with Gasteiger partial charge in [0.1, 0.15) is 0 Å². The maximum absolute atomic E-state index is 9.18. The molecule has 148 valence electrons. The highest BCUT2D eigenvalue weighted by Gasteiger charge is 2.32. The molecule has 0 spiro atoms. The summed E-state index contributed by atoms with van der Waals surface area (Å²) in [4.78, 5) is 7.28. The molecule has 0 saturated carbocycles. The molecule has 2 aliphatic heterocycles. The van der Waals surface area contributed by atoms with Crippen molar-refractivity contribution in [3.63, 3.8) is 0 Å². The normalized spacial score (nSPS) is 25.2. The summed E-state index contributed by atoms with van der Waals surface area (Å²) in [6.07, 6.45) is 5.92. The second kappa shape index (κ2) is 13.1. The molecule has 2 fully saturated rings. The zero-order valence-electron chi connectivity index (χ0n) is 15.9. The number of guanidine groups is 1. The Hall–Kier alpha value is -0.120. The van der Waals surface area contributed by atoms with E-state index >= 15 is 0 Å². The Labute approximate surface area is 170 Å². The molecule has 7 heteroatoms. The number of halogens is 1. The Morgan fingerprint density at radius 3 is 2.88 bits per heavy atom. The lowest BCUT2D eigenvalue weighted by Crippen LogP contribution is -2.51. The van der Waals surface area contributed by atoms with Crippen LogP contribution in [-0.4, -0.2) is 74.0 Å². The van der Waals surface area contributed by atoms with Crippen molar-refractivity contribution in [3.05, 3.63) is 0 Å². The highest BCUT2D eigenvalue weighted by atomic mass is 127. The summed E-state index contributed by atoms with van der Waals surface area (Å²) in [6, 6.07) is 0.649. The molecule has 2 rings (SSSR count). The fourth-order valence-corrected chi connectivity index (χ4v) is 3.70. The molecule has 0 radical (unpaired) electrons. The lowest BCUT2D eigenvalue weighted by Gasteiger charge is -2.35. The third-order valence-electron chi connectivity index (χ3n) is 5.04. The summed E-state index contributed by atoms with van der Waals surface area (Å²) in [5.41, 5.74) is 0. The summed E-state index contributed by atoms with van der Waals surface area (Å²) in [5, 5.41) is 15.9. The fraction of sp³-hybridized carbons (Fsp3) is 0.944. The molecule has 3 unspecified atom stereocenters. The number of aliphatic hydroxyl groups is 1. The second-order valence-corrected chi connectivity index (χ2v) is 7.01. The van der Waals surface area contributed by atoms with E-state index < -0.39 is 0 Å². The molecule has 2 aliphatic rings. The van der Waals surface area contributed by atoms with E-state index in [0.717, 1.165) is 58.0 Å². The number of fused-ring (bicyclic) bond motifs is 1. The minimum absolute atomic E-state index is 0. The van der Waals surface area contributed by atoms with Crippen molar-refractivity contribution in [2.45, 2.75) is 58.1 Å². The van der Waals surface area contributed by atoms with E-state index in [1.165, 1.54) is 19.4 Å². The van der Waals surface area contributed by atoms with E-state index in [1.54, 1.807) is 0 Å². The van der Waals surface area contributed by atoms with Crippen LogP contribution in [-0.2, 0) is 4.74 Å². The van der Waals surface area contributed by atoms with Gasteiger partial charge >= 0.3 is 0 Å². The van der Waals surface area contributed by atoms with Crippen molar-refractivity contribution in [2.24, 2.45) is 10.9 Å². The van der Waals surface area contributed by atoms with Gasteiger partial charge in [-0.3, -0.25) is 9.89 Å². The van der Waals surface area contributed by atoms with Gasteiger partial charge in [0.2, 0.25) is 0 Å². The topological polar surface area (TPSA) is 69.1 Å². The van der Waals surface area contributed by atoms with Crippen molar-refractivity contribution in [1.82, 2.24) is 15.5 Å². The predicted octanol–water partition coefficient (Wildman–Crippen LogP) is 1.82. The van der Waals surface area contributed by atoms with Crippen LogP contribution in [0.25, 0.3) is 0 Å². The van der Waals surface area contributed by atoms with Crippen LogP contribution in [0, 0.1) is 5.92 Å². The van der Waals surface area contributed by atoms with Crippen molar-refractivity contribution < 1.29 is 9.84 Å². The quantitative estimate of drug-likeness (QED) is 0.274. The minimum atomic E-state index is 0. The standard InChI is InChI=1S/C18H36N4O2.HI/c1-3-6-15(8-10-23)11-20-18(19-4-2)21-12-17-13-22-9-5-7-16(22)14-24-17;/h15-17,23H,3-14H2,1-2H3,(H2,19,20,21);1H. The first-order valence-electron chi connectivity index (χ1n) is 9.75. The molecule has 25 heavy (non-hydrogen) atoms. The summed E-state index contributed by atoms with van der Waals surface area (Å²) < 4.78 is 6.00. The smallest absolute Gasteiger partial charge is 0.191 e. The molecule has 0 aromatic heterocycles. The fourth-order valence-electron chi connectivity index (χ4n) is 3.70. The molecule has 2 heterocycles. The Bertz CT molecular complexity index is 378. The number of morpholine rings is 1. The number of hydrogen-bond donors (Lipinski definition) is 3. The number of ether oxygens (including phenoxy) is 1. The SMILES string of the molecule is CCCC(CCO)CN=C(NCC)NCC1CN2CCCC2CO1.I. The first-order chi connectivity index (χ1) is 11.8. The largest absolute Gasteiger partial charge is 0.396 e. The maximum Gasteiger partial charge on any atom is 0.191 e. The summed E-state index contributed by atoms with van der Waals surface area (Å²) in [5.74, 6) is 1.33. The van der Waals surface area contributed by atoms with E-state index in [2.05, 4.69) is 29.4 Å². The Morgan fingerprint density at radius 1 is 1.32 bits per heavy atom. The van der Waals surface area contributed by atoms with E-state index in [0.29, 0.717) is 12.0 Å². The number of aliphatic hydroxyl groups excluding tert-OH is 1. The summed E-state index contributed by atoms with van der Waals surface area (Å²) in [7, 11) is 0. The Balaban J connectivity index is 0.00000312. The van der Waals surface area contributed by atoms with Crippen LogP contribution < -0.4 is 10.6 Å². The maximum atomic E-state index is 9.18. The van der Waals surface area contributed by atoms with E-state index in [4.69, 9.17) is 9.73 Å². The van der Waals surface area contributed by atoms with Gasteiger partial charge in [0.25, 0.3) is 0 Å².